The van der Waals surface area contributed by atoms with Crippen molar-refractivity contribution in [1.29, 1.82) is 0 Å². The summed E-state index contributed by atoms with van der Waals surface area (Å²) in [7, 11) is 0. The first kappa shape index (κ1) is 9.93. The van der Waals surface area contributed by atoms with Gasteiger partial charge in [0, 0.05) is 10.7 Å². The summed E-state index contributed by atoms with van der Waals surface area (Å²) in [6.45, 7) is 2.21. The molecular formula is C10H13BrN2O. The Morgan fingerprint density at radius 2 is 2.36 bits per heavy atom. The molecule has 0 aliphatic heterocycles. The van der Waals surface area contributed by atoms with Crippen molar-refractivity contribution < 1.29 is 5.11 Å². The summed E-state index contributed by atoms with van der Waals surface area (Å²) in [5.41, 5.74) is 1.06. The molecule has 14 heavy (non-hydrogen) atoms. The molecule has 3 nitrogen and oxygen atoms in total. The molecule has 0 spiro atoms. The van der Waals surface area contributed by atoms with Gasteiger partial charge in [-0.05, 0) is 47.3 Å². The minimum Gasteiger partial charge on any atom is -0.394 e. The van der Waals surface area contributed by atoms with Crippen LogP contribution in [0.25, 0.3) is 0 Å². The Bertz CT molecular complexity index is 350. The maximum atomic E-state index is 9.14. The van der Waals surface area contributed by atoms with E-state index in [1.165, 1.54) is 0 Å². The lowest BCUT2D eigenvalue weighted by atomic mass is 10.2. The zero-order valence-electron chi connectivity index (χ0n) is 8.05. The number of aliphatic hydroxyl groups is 1. The Kier molecular flexibility index (Phi) is 2.49. The largest absolute Gasteiger partial charge is 0.394 e. The van der Waals surface area contributed by atoms with Gasteiger partial charge in [0.25, 0.3) is 0 Å². The van der Waals surface area contributed by atoms with Gasteiger partial charge < -0.3 is 10.4 Å². The van der Waals surface area contributed by atoms with E-state index in [0.717, 1.165) is 28.7 Å². The third-order valence-corrected chi connectivity index (χ3v) is 3.43. The number of aliphatic hydroxyl groups excluding tert-OH is 1. The highest BCUT2D eigenvalue weighted by Gasteiger charge is 2.42. The molecule has 1 aromatic rings. The molecule has 1 aliphatic carbocycles. The minimum absolute atomic E-state index is 0.0900. The molecule has 4 heteroatoms. The second-order valence-corrected chi connectivity index (χ2v) is 4.74. The van der Waals surface area contributed by atoms with Gasteiger partial charge in [0.2, 0.25) is 0 Å². The number of hydrogen-bond acceptors (Lipinski definition) is 3. The quantitative estimate of drug-likeness (QED) is 0.871. The molecule has 1 aliphatic rings. The van der Waals surface area contributed by atoms with Gasteiger partial charge in [-0.1, -0.05) is 0 Å². The lowest BCUT2D eigenvalue weighted by Gasteiger charge is -2.15. The molecule has 0 bridgehead atoms. The van der Waals surface area contributed by atoms with Crippen LogP contribution in [-0.2, 0) is 0 Å². The third kappa shape index (κ3) is 1.91. The summed E-state index contributed by atoms with van der Waals surface area (Å²) < 4.78 is 1.01. The van der Waals surface area contributed by atoms with Gasteiger partial charge in [-0.3, -0.25) is 0 Å². The minimum atomic E-state index is -0.0900. The molecule has 1 saturated carbocycles. The number of nitrogens with zero attached hydrogens (tertiary/aromatic N) is 1. The topological polar surface area (TPSA) is 45.1 Å². The van der Waals surface area contributed by atoms with Crippen molar-refractivity contribution in [3.8, 4) is 0 Å². The van der Waals surface area contributed by atoms with Crippen LogP contribution in [-0.4, -0.2) is 22.2 Å². The van der Waals surface area contributed by atoms with E-state index in [9.17, 15) is 0 Å². The Morgan fingerprint density at radius 3 is 2.86 bits per heavy atom. The van der Waals surface area contributed by atoms with Crippen LogP contribution in [0.5, 0.6) is 0 Å². The summed E-state index contributed by atoms with van der Waals surface area (Å²) in [6, 6.07) is 1.99. The summed E-state index contributed by atoms with van der Waals surface area (Å²) >= 11 is 3.40. The zero-order valence-corrected chi connectivity index (χ0v) is 9.63. The van der Waals surface area contributed by atoms with E-state index in [2.05, 4.69) is 26.2 Å². The molecule has 1 aromatic heterocycles. The summed E-state index contributed by atoms with van der Waals surface area (Å²) in [5.74, 6) is 0.845. The van der Waals surface area contributed by atoms with E-state index in [4.69, 9.17) is 5.11 Å². The predicted molar refractivity (Wildman–Crippen MR) is 59.3 cm³/mol. The van der Waals surface area contributed by atoms with Crippen LogP contribution in [0.2, 0.25) is 0 Å². The van der Waals surface area contributed by atoms with Crippen LogP contribution in [0.3, 0.4) is 0 Å². The lowest BCUT2D eigenvalue weighted by Crippen LogP contribution is -2.26. The number of rotatable bonds is 3. The molecule has 0 saturated heterocycles. The van der Waals surface area contributed by atoms with Gasteiger partial charge in [-0.2, -0.15) is 0 Å². The number of nitrogens with one attached hydrogen (secondary N) is 1. The summed E-state index contributed by atoms with van der Waals surface area (Å²) in [4.78, 5) is 4.24. The number of hydrogen-bond donors (Lipinski definition) is 2. The van der Waals surface area contributed by atoms with Gasteiger partial charge in [-0.15, -0.1) is 0 Å². The van der Waals surface area contributed by atoms with Gasteiger partial charge in [0.1, 0.15) is 5.82 Å². The van der Waals surface area contributed by atoms with Crippen molar-refractivity contribution in [3.63, 3.8) is 0 Å². The lowest BCUT2D eigenvalue weighted by molar-refractivity contribution is 0.266. The van der Waals surface area contributed by atoms with Gasteiger partial charge in [-0.25, -0.2) is 4.98 Å². The van der Waals surface area contributed by atoms with Crippen LogP contribution in [0.4, 0.5) is 5.82 Å². The van der Waals surface area contributed by atoms with Crippen LogP contribution < -0.4 is 5.32 Å². The van der Waals surface area contributed by atoms with Crippen molar-refractivity contribution in [1.82, 2.24) is 4.98 Å². The highest BCUT2D eigenvalue weighted by atomic mass is 79.9. The van der Waals surface area contributed by atoms with E-state index < -0.39 is 0 Å². The first-order chi connectivity index (χ1) is 6.65. The van der Waals surface area contributed by atoms with Crippen LogP contribution in [0.1, 0.15) is 18.4 Å². The Balaban J connectivity index is 2.14. The summed E-state index contributed by atoms with van der Waals surface area (Å²) in [5, 5.41) is 12.4. The SMILES string of the molecule is Cc1cc(NC2(CO)CC2)ncc1Br. The van der Waals surface area contributed by atoms with Gasteiger partial charge >= 0.3 is 0 Å². The Hall–Kier alpha value is -0.610. The van der Waals surface area contributed by atoms with E-state index in [1.54, 1.807) is 6.20 Å². The van der Waals surface area contributed by atoms with Crippen molar-refractivity contribution >= 4 is 21.7 Å². The molecule has 2 N–H and O–H groups in total. The second-order valence-electron chi connectivity index (χ2n) is 3.88. The van der Waals surface area contributed by atoms with E-state index in [1.807, 2.05) is 13.0 Å². The number of halogens is 1. The van der Waals surface area contributed by atoms with E-state index in [0.29, 0.717) is 0 Å². The van der Waals surface area contributed by atoms with E-state index in [-0.39, 0.29) is 12.1 Å². The maximum Gasteiger partial charge on any atom is 0.126 e. The first-order valence-electron chi connectivity index (χ1n) is 4.66. The fraction of sp³-hybridized carbons (Fsp3) is 0.500. The predicted octanol–water partition coefficient (Wildman–Crippen LogP) is 2.09. The third-order valence-electron chi connectivity index (χ3n) is 2.60. The average molecular weight is 257 g/mol. The molecule has 1 heterocycles. The van der Waals surface area contributed by atoms with E-state index >= 15 is 0 Å². The van der Waals surface area contributed by atoms with Crippen LogP contribution in [0.15, 0.2) is 16.7 Å². The fourth-order valence-corrected chi connectivity index (χ4v) is 1.57. The normalized spacial score (nSPS) is 17.9. The van der Waals surface area contributed by atoms with Gasteiger partial charge in [0.05, 0.1) is 12.1 Å². The Morgan fingerprint density at radius 1 is 1.64 bits per heavy atom. The van der Waals surface area contributed by atoms with Crippen molar-refractivity contribution in [2.24, 2.45) is 0 Å². The maximum absolute atomic E-state index is 9.14. The molecule has 0 amide bonds. The van der Waals surface area contributed by atoms with Crippen LogP contribution >= 0.6 is 15.9 Å². The van der Waals surface area contributed by atoms with Crippen molar-refractivity contribution in [3.05, 3.63) is 22.3 Å². The first-order valence-corrected chi connectivity index (χ1v) is 5.46. The van der Waals surface area contributed by atoms with Crippen LogP contribution in [0, 0.1) is 6.92 Å². The smallest absolute Gasteiger partial charge is 0.126 e. The second kappa shape index (κ2) is 3.51. The number of aryl methyl sites for hydroxylation is 1. The highest BCUT2D eigenvalue weighted by molar-refractivity contribution is 9.10. The highest BCUT2D eigenvalue weighted by Crippen LogP contribution is 2.38. The number of aromatic nitrogens is 1. The molecule has 0 aromatic carbocycles. The summed E-state index contributed by atoms with van der Waals surface area (Å²) in [6.07, 6.45) is 3.84. The average Bonchev–Trinajstić information content (AvgIpc) is 2.93. The van der Waals surface area contributed by atoms with Crippen molar-refractivity contribution in [2.45, 2.75) is 25.3 Å². The molecule has 0 radical (unpaired) electrons. The molecule has 1 fully saturated rings. The Labute approximate surface area is 91.7 Å². The van der Waals surface area contributed by atoms with Gasteiger partial charge in [0.15, 0.2) is 0 Å². The molecule has 0 unspecified atom stereocenters. The standard InChI is InChI=1S/C10H13BrN2O/c1-7-4-9(12-5-8(7)11)13-10(6-14)2-3-10/h4-5,14H,2-3,6H2,1H3,(H,12,13). The zero-order chi connectivity index (χ0) is 10.2. The molecule has 0 atom stereocenters. The van der Waals surface area contributed by atoms with Crippen molar-refractivity contribution in [2.75, 3.05) is 11.9 Å². The number of anilines is 1. The molecule has 76 valence electrons. The monoisotopic (exact) mass is 256 g/mol. The molecular weight excluding hydrogens is 244 g/mol. The molecule has 2 rings (SSSR count). The number of pyridine rings is 1. The fourth-order valence-electron chi connectivity index (χ4n) is 1.35.